The Morgan fingerprint density at radius 2 is 1.96 bits per heavy atom. The summed E-state index contributed by atoms with van der Waals surface area (Å²) < 4.78 is 13.9. The van der Waals surface area contributed by atoms with Crippen molar-refractivity contribution in [3.63, 3.8) is 0 Å². The van der Waals surface area contributed by atoms with E-state index in [4.69, 9.17) is 9.47 Å². The summed E-state index contributed by atoms with van der Waals surface area (Å²) in [6, 6.07) is 13.8. The number of methoxy groups -OCH3 is 1. The van der Waals surface area contributed by atoms with Crippen molar-refractivity contribution in [1.82, 2.24) is 20.2 Å². The number of aromatic nitrogens is 4. The summed E-state index contributed by atoms with van der Waals surface area (Å²) in [5, 5.41) is 14.5. The SMILES string of the molecule is COc1cc(CNc2nnnn2C)c(Br)cc1OCc1ccccc1. The van der Waals surface area contributed by atoms with E-state index in [9.17, 15) is 0 Å². The number of nitrogens with zero attached hydrogens (tertiary/aromatic N) is 4. The molecule has 3 rings (SSSR count). The molecule has 0 aliphatic rings. The molecule has 130 valence electrons. The number of hydrogen-bond acceptors (Lipinski definition) is 6. The first kappa shape index (κ1) is 17.2. The lowest BCUT2D eigenvalue weighted by Crippen LogP contribution is -2.07. The van der Waals surface area contributed by atoms with Gasteiger partial charge in [-0.3, -0.25) is 0 Å². The van der Waals surface area contributed by atoms with Gasteiger partial charge in [0.1, 0.15) is 6.61 Å². The number of rotatable bonds is 7. The maximum Gasteiger partial charge on any atom is 0.242 e. The van der Waals surface area contributed by atoms with Gasteiger partial charge in [0.15, 0.2) is 11.5 Å². The van der Waals surface area contributed by atoms with E-state index in [1.807, 2.05) is 42.5 Å². The van der Waals surface area contributed by atoms with Gasteiger partial charge in [-0.2, -0.15) is 0 Å². The van der Waals surface area contributed by atoms with Gasteiger partial charge in [-0.05, 0) is 33.7 Å². The predicted octanol–water partition coefficient (Wildman–Crippen LogP) is 3.17. The van der Waals surface area contributed by atoms with Crippen LogP contribution in [0.5, 0.6) is 11.5 Å². The minimum absolute atomic E-state index is 0.478. The number of tetrazole rings is 1. The minimum Gasteiger partial charge on any atom is -0.493 e. The molecule has 25 heavy (non-hydrogen) atoms. The first-order valence-corrected chi connectivity index (χ1v) is 8.46. The molecule has 0 fully saturated rings. The molecule has 1 N–H and O–H groups in total. The topological polar surface area (TPSA) is 74.1 Å². The summed E-state index contributed by atoms with van der Waals surface area (Å²) in [6.07, 6.45) is 0. The van der Waals surface area contributed by atoms with Crippen LogP contribution in [0.4, 0.5) is 5.95 Å². The van der Waals surface area contributed by atoms with Crippen LogP contribution in [0.1, 0.15) is 11.1 Å². The highest BCUT2D eigenvalue weighted by molar-refractivity contribution is 9.10. The van der Waals surface area contributed by atoms with E-state index < -0.39 is 0 Å². The number of benzene rings is 2. The van der Waals surface area contributed by atoms with E-state index in [-0.39, 0.29) is 0 Å². The molecular weight excluding hydrogens is 386 g/mol. The van der Waals surface area contributed by atoms with Crippen LogP contribution in [0.25, 0.3) is 0 Å². The Morgan fingerprint density at radius 3 is 2.64 bits per heavy atom. The van der Waals surface area contributed by atoms with Crippen molar-refractivity contribution in [3.8, 4) is 11.5 Å². The summed E-state index contributed by atoms with van der Waals surface area (Å²) in [4.78, 5) is 0. The third-order valence-electron chi connectivity index (χ3n) is 3.63. The molecule has 0 saturated heterocycles. The van der Waals surface area contributed by atoms with Crippen molar-refractivity contribution in [2.75, 3.05) is 12.4 Å². The van der Waals surface area contributed by atoms with Crippen molar-refractivity contribution in [1.29, 1.82) is 0 Å². The smallest absolute Gasteiger partial charge is 0.242 e. The Balaban J connectivity index is 1.72. The highest BCUT2D eigenvalue weighted by Gasteiger charge is 2.12. The van der Waals surface area contributed by atoms with Crippen LogP contribution in [0, 0.1) is 0 Å². The second-order valence-corrected chi connectivity index (χ2v) is 6.20. The van der Waals surface area contributed by atoms with Gasteiger partial charge in [-0.1, -0.05) is 51.4 Å². The molecule has 7 nitrogen and oxygen atoms in total. The van der Waals surface area contributed by atoms with Gasteiger partial charge < -0.3 is 14.8 Å². The number of nitrogens with one attached hydrogen (secondary N) is 1. The van der Waals surface area contributed by atoms with Crippen molar-refractivity contribution in [2.24, 2.45) is 7.05 Å². The number of anilines is 1. The standard InChI is InChI=1S/C17H18BrN5O2/c1-23-17(20-21-22-23)19-10-13-8-15(24-2)16(9-14(13)18)25-11-12-6-4-3-5-7-12/h3-9H,10-11H2,1-2H3,(H,19,20,22). The average molecular weight is 404 g/mol. The fraction of sp³-hybridized carbons (Fsp3) is 0.235. The number of aryl methyl sites for hydroxylation is 1. The van der Waals surface area contributed by atoms with Crippen molar-refractivity contribution >= 4 is 21.9 Å². The summed E-state index contributed by atoms with van der Waals surface area (Å²) in [7, 11) is 3.40. The third kappa shape index (κ3) is 4.27. The quantitative estimate of drug-likeness (QED) is 0.652. The Morgan fingerprint density at radius 1 is 1.16 bits per heavy atom. The zero-order chi connectivity index (χ0) is 17.6. The van der Waals surface area contributed by atoms with Gasteiger partial charge in [-0.25, -0.2) is 4.68 Å². The van der Waals surface area contributed by atoms with E-state index >= 15 is 0 Å². The first-order chi connectivity index (χ1) is 12.2. The number of hydrogen-bond donors (Lipinski definition) is 1. The van der Waals surface area contributed by atoms with E-state index in [1.54, 1.807) is 18.8 Å². The molecule has 1 heterocycles. The van der Waals surface area contributed by atoms with E-state index in [1.165, 1.54) is 0 Å². The lowest BCUT2D eigenvalue weighted by molar-refractivity contribution is 0.284. The summed E-state index contributed by atoms with van der Waals surface area (Å²) in [5.41, 5.74) is 2.10. The van der Waals surface area contributed by atoms with Gasteiger partial charge >= 0.3 is 0 Å². The van der Waals surface area contributed by atoms with Crippen molar-refractivity contribution in [2.45, 2.75) is 13.2 Å². The monoisotopic (exact) mass is 403 g/mol. The van der Waals surface area contributed by atoms with Crippen LogP contribution < -0.4 is 14.8 Å². The lowest BCUT2D eigenvalue weighted by atomic mass is 10.2. The lowest BCUT2D eigenvalue weighted by Gasteiger charge is -2.14. The zero-order valence-electron chi connectivity index (χ0n) is 13.9. The molecule has 0 aliphatic heterocycles. The van der Waals surface area contributed by atoms with E-state index in [0.717, 1.165) is 15.6 Å². The minimum atomic E-state index is 0.478. The van der Waals surface area contributed by atoms with Crippen molar-refractivity contribution in [3.05, 3.63) is 58.1 Å². The summed E-state index contributed by atoms with van der Waals surface area (Å²) in [5.74, 6) is 1.95. The van der Waals surface area contributed by atoms with Gasteiger partial charge in [0.25, 0.3) is 0 Å². The van der Waals surface area contributed by atoms with Crippen LogP contribution in [0.15, 0.2) is 46.9 Å². The largest absolute Gasteiger partial charge is 0.493 e. The fourth-order valence-corrected chi connectivity index (χ4v) is 2.74. The van der Waals surface area contributed by atoms with E-state index in [0.29, 0.717) is 30.6 Å². The molecule has 0 bridgehead atoms. The second-order valence-electron chi connectivity index (χ2n) is 5.35. The molecule has 3 aromatic rings. The molecule has 0 aliphatic carbocycles. The Bertz CT molecular complexity index is 838. The molecular formula is C17H18BrN5O2. The Kier molecular flexibility index (Phi) is 5.49. The third-order valence-corrected chi connectivity index (χ3v) is 4.37. The summed E-state index contributed by atoms with van der Waals surface area (Å²) in [6.45, 7) is 1.02. The van der Waals surface area contributed by atoms with Crippen LogP contribution in [0.2, 0.25) is 0 Å². The van der Waals surface area contributed by atoms with Gasteiger partial charge in [0.05, 0.1) is 7.11 Å². The molecule has 8 heteroatoms. The molecule has 0 amide bonds. The van der Waals surface area contributed by atoms with Gasteiger partial charge in [-0.15, -0.1) is 0 Å². The predicted molar refractivity (Wildman–Crippen MR) is 97.6 cm³/mol. The van der Waals surface area contributed by atoms with Crippen LogP contribution in [-0.2, 0) is 20.2 Å². The van der Waals surface area contributed by atoms with Crippen LogP contribution in [0.3, 0.4) is 0 Å². The second kappa shape index (κ2) is 7.98. The maximum absolute atomic E-state index is 5.91. The molecule has 1 aromatic heterocycles. The van der Waals surface area contributed by atoms with Gasteiger partial charge in [0, 0.05) is 18.1 Å². The van der Waals surface area contributed by atoms with Crippen molar-refractivity contribution < 1.29 is 9.47 Å². The van der Waals surface area contributed by atoms with Crippen LogP contribution >= 0.6 is 15.9 Å². The normalized spacial score (nSPS) is 10.5. The van der Waals surface area contributed by atoms with E-state index in [2.05, 4.69) is 36.8 Å². The van der Waals surface area contributed by atoms with Crippen LogP contribution in [-0.4, -0.2) is 27.3 Å². The first-order valence-electron chi connectivity index (χ1n) is 7.66. The summed E-state index contributed by atoms with van der Waals surface area (Å²) >= 11 is 3.59. The molecule has 0 atom stereocenters. The fourth-order valence-electron chi connectivity index (χ4n) is 2.27. The number of halogens is 1. The van der Waals surface area contributed by atoms with Gasteiger partial charge in [0.2, 0.25) is 5.95 Å². The molecule has 2 aromatic carbocycles. The molecule has 0 saturated carbocycles. The zero-order valence-corrected chi connectivity index (χ0v) is 15.5. The Labute approximate surface area is 154 Å². The highest BCUT2D eigenvalue weighted by atomic mass is 79.9. The highest BCUT2D eigenvalue weighted by Crippen LogP contribution is 2.34. The molecule has 0 unspecified atom stereocenters. The average Bonchev–Trinajstić information content (AvgIpc) is 3.05. The molecule has 0 spiro atoms. The Hall–Kier alpha value is -2.61. The maximum atomic E-state index is 5.91. The molecule has 0 radical (unpaired) electrons. The number of ether oxygens (including phenoxy) is 2.